The highest BCUT2D eigenvalue weighted by Gasteiger charge is 2.05. The van der Waals surface area contributed by atoms with Crippen molar-refractivity contribution >= 4 is 5.91 Å². The molecule has 0 aromatic heterocycles. The van der Waals surface area contributed by atoms with Crippen molar-refractivity contribution in [2.45, 2.75) is 25.8 Å². The Labute approximate surface area is 50.5 Å². The van der Waals surface area contributed by atoms with E-state index < -0.39 is 11.9 Å². The van der Waals surface area contributed by atoms with Crippen molar-refractivity contribution in [1.82, 2.24) is 0 Å². The van der Waals surface area contributed by atoms with Crippen molar-refractivity contribution < 1.29 is 6.22 Å². The maximum Gasteiger partial charge on any atom is 0.234 e. The Hall–Kier alpha value is -0.570. The summed E-state index contributed by atoms with van der Waals surface area (Å²) >= 11 is 0. The van der Waals surface area contributed by atoms with Crippen LogP contribution in [-0.4, -0.2) is 11.9 Å². The molecule has 0 heterocycles. The lowest BCUT2D eigenvalue weighted by molar-refractivity contribution is -0.119. The van der Waals surface area contributed by atoms with Crippen LogP contribution in [0.2, 0.25) is 0 Å². The minimum Gasteiger partial charge on any atom is -0.368 e. The average molecular weight is 118 g/mol. The molecule has 0 saturated heterocycles. The molecule has 0 aromatic rings. The lowest BCUT2D eigenvalue weighted by Gasteiger charge is -2.01. The van der Waals surface area contributed by atoms with Gasteiger partial charge in [-0.25, -0.2) is 0 Å². The first-order valence-electron chi connectivity index (χ1n) is 2.73. The van der Waals surface area contributed by atoms with Crippen molar-refractivity contribution in [2.75, 3.05) is 0 Å². The van der Waals surface area contributed by atoms with E-state index in [4.69, 9.17) is 11.5 Å². The van der Waals surface area contributed by atoms with Gasteiger partial charge in [-0.05, 0) is 6.42 Å². The second-order valence-electron chi connectivity index (χ2n) is 1.80. The molecule has 1 unspecified atom stereocenters. The first-order valence-corrected chi connectivity index (χ1v) is 2.73. The van der Waals surface area contributed by atoms with Crippen LogP contribution >= 0.6 is 0 Å². The largest absolute Gasteiger partial charge is 0.368 e. The van der Waals surface area contributed by atoms with Gasteiger partial charge in [-0.2, -0.15) is 0 Å². The Morgan fingerprint density at radius 2 is 2.38 bits per heavy atom. The van der Waals surface area contributed by atoms with E-state index in [-0.39, 0.29) is 1.43 Å². The van der Waals surface area contributed by atoms with Crippen LogP contribution in [0.5, 0.6) is 0 Å². The SMILES string of the molecule is CCCC(N)C(N)=O.[HH]. The number of primary amides is 1. The van der Waals surface area contributed by atoms with Crippen LogP contribution in [-0.2, 0) is 4.79 Å². The summed E-state index contributed by atoms with van der Waals surface area (Å²) in [6, 6.07) is -0.444. The van der Waals surface area contributed by atoms with Crippen molar-refractivity contribution in [2.24, 2.45) is 11.5 Å². The molecule has 0 spiro atoms. The van der Waals surface area contributed by atoms with Gasteiger partial charge < -0.3 is 11.5 Å². The summed E-state index contributed by atoms with van der Waals surface area (Å²) in [5, 5.41) is 0. The molecular formula is C5H14N2O. The highest BCUT2D eigenvalue weighted by molar-refractivity contribution is 5.79. The number of hydrogen-bond donors (Lipinski definition) is 2. The molecule has 0 radical (unpaired) electrons. The van der Waals surface area contributed by atoms with Crippen LogP contribution in [0.25, 0.3) is 0 Å². The molecular weight excluding hydrogens is 104 g/mol. The number of carbonyl (C=O) groups excluding carboxylic acids is 1. The van der Waals surface area contributed by atoms with Crippen LogP contribution < -0.4 is 11.5 Å². The fourth-order valence-corrected chi connectivity index (χ4v) is 0.453. The molecule has 8 heavy (non-hydrogen) atoms. The van der Waals surface area contributed by atoms with E-state index in [1.807, 2.05) is 6.92 Å². The van der Waals surface area contributed by atoms with Gasteiger partial charge in [-0.3, -0.25) is 4.79 Å². The molecule has 0 aliphatic heterocycles. The summed E-state index contributed by atoms with van der Waals surface area (Å²) in [4.78, 5) is 10.2. The second-order valence-corrected chi connectivity index (χ2v) is 1.80. The van der Waals surface area contributed by atoms with E-state index in [0.717, 1.165) is 6.42 Å². The summed E-state index contributed by atoms with van der Waals surface area (Å²) in [5.41, 5.74) is 10.1. The number of carbonyl (C=O) groups is 1. The summed E-state index contributed by atoms with van der Waals surface area (Å²) < 4.78 is 0. The number of amides is 1. The van der Waals surface area contributed by atoms with Crippen LogP contribution in [0, 0.1) is 0 Å². The lowest BCUT2D eigenvalue weighted by Crippen LogP contribution is -2.35. The fourth-order valence-electron chi connectivity index (χ4n) is 0.453. The third kappa shape index (κ3) is 2.58. The standard InChI is InChI=1S/C5H12N2O.H2/c1-2-3-4(6)5(7)8;/h4H,2-3,6H2,1H3,(H2,7,8);1H. The van der Waals surface area contributed by atoms with E-state index in [1.54, 1.807) is 0 Å². The molecule has 0 aliphatic carbocycles. The summed E-state index contributed by atoms with van der Waals surface area (Å²) in [6.45, 7) is 1.96. The van der Waals surface area contributed by atoms with Crippen LogP contribution in [0.4, 0.5) is 0 Å². The van der Waals surface area contributed by atoms with E-state index in [1.165, 1.54) is 0 Å². The van der Waals surface area contributed by atoms with Gasteiger partial charge in [0.1, 0.15) is 0 Å². The second kappa shape index (κ2) is 3.43. The quantitative estimate of drug-likeness (QED) is 0.541. The normalized spacial score (nSPS) is 13.2. The monoisotopic (exact) mass is 118 g/mol. The van der Waals surface area contributed by atoms with Gasteiger partial charge in [-0.1, -0.05) is 13.3 Å². The average Bonchev–Trinajstić information content (AvgIpc) is 1.67. The van der Waals surface area contributed by atoms with Crippen LogP contribution in [0.1, 0.15) is 21.2 Å². The summed E-state index contributed by atoms with van der Waals surface area (Å²) in [6.07, 6.45) is 1.60. The maximum atomic E-state index is 10.2. The molecule has 1 atom stereocenters. The van der Waals surface area contributed by atoms with Crippen molar-refractivity contribution in [3.8, 4) is 0 Å². The minimum atomic E-state index is -0.444. The first-order chi connectivity index (χ1) is 3.68. The molecule has 0 aliphatic rings. The Morgan fingerprint density at radius 1 is 1.88 bits per heavy atom. The zero-order valence-electron chi connectivity index (χ0n) is 5.05. The van der Waals surface area contributed by atoms with Gasteiger partial charge in [0.25, 0.3) is 0 Å². The molecule has 0 rings (SSSR count). The van der Waals surface area contributed by atoms with E-state index in [9.17, 15) is 4.79 Å². The highest BCUT2D eigenvalue weighted by atomic mass is 16.1. The van der Waals surface area contributed by atoms with Crippen molar-refractivity contribution in [3.05, 3.63) is 0 Å². The van der Waals surface area contributed by atoms with Crippen LogP contribution in [0.3, 0.4) is 0 Å². The predicted octanol–water partition coefficient (Wildman–Crippen LogP) is -0.155. The molecule has 3 nitrogen and oxygen atoms in total. The van der Waals surface area contributed by atoms with Gasteiger partial charge >= 0.3 is 0 Å². The highest BCUT2D eigenvalue weighted by Crippen LogP contribution is 1.89. The van der Waals surface area contributed by atoms with Gasteiger partial charge in [0.15, 0.2) is 0 Å². The van der Waals surface area contributed by atoms with Crippen molar-refractivity contribution in [1.29, 1.82) is 0 Å². The van der Waals surface area contributed by atoms with E-state index in [2.05, 4.69) is 0 Å². The van der Waals surface area contributed by atoms with Gasteiger partial charge in [0.05, 0.1) is 6.04 Å². The maximum absolute atomic E-state index is 10.2. The number of nitrogens with two attached hydrogens (primary N) is 2. The molecule has 4 N–H and O–H groups in total. The zero-order chi connectivity index (χ0) is 6.57. The topological polar surface area (TPSA) is 69.1 Å². The van der Waals surface area contributed by atoms with E-state index >= 15 is 0 Å². The summed E-state index contributed by atoms with van der Waals surface area (Å²) in [7, 11) is 0. The molecule has 0 bridgehead atoms. The molecule has 0 saturated carbocycles. The molecule has 3 heteroatoms. The Balaban J connectivity index is 0. The van der Waals surface area contributed by atoms with Crippen LogP contribution in [0.15, 0.2) is 0 Å². The summed E-state index contributed by atoms with van der Waals surface area (Å²) in [5.74, 6) is -0.410. The molecule has 50 valence electrons. The Bertz CT molecular complexity index is 87.0. The lowest BCUT2D eigenvalue weighted by atomic mass is 10.2. The Kier molecular flexibility index (Phi) is 3.19. The zero-order valence-corrected chi connectivity index (χ0v) is 5.05. The van der Waals surface area contributed by atoms with Gasteiger partial charge in [0, 0.05) is 1.43 Å². The third-order valence-electron chi connectivity index (χ3n) is 0.965. The molecule has 1 amide bonds. The van der Waals surface area contributed by atoms with Gasteiger partial charge in [0.2, 0.25) is 5.91 Å². The third-order valence-corrected chi connectivity index (χ3v) is 0.965. The Morgan fingerprint density at radius 3 is 2.50 bits per heavy atom. The first kappa shape index (κ1) is 7.43. The van der Waals surface area contributed by atoms with Crippen molar-refractivity contribution in [3.63, 3.8) is 0 Å². The van der Waals surface area contributed by atoms with E-state index in [0.29, 0.717) is 6.42 Å². The predicted molar refractivity (Wildman–Crippen MR) is 34.2 cm³/mol. The molecule has 0 fully saturated rings. The smallest absolute Gasteiger partial charge is 0.234 e. The van der Waals surface area contributed by atoms with Gasteiger partial charge in [-0.15, -0.1) is 0 Å². The fraction of sp³-hybridized carbons (Fsp3) is 0.800. The number of rotatable bonds is 3. The number of hydrogen-bond acceptors (Lipinski definition) is 2. The molecule has 0 aromatic carbocycles. The minimum absolute atomic E-state index is 0.